The molecule has 2 heterocycles. The Balaban J connectivity index is 1.38. The number of rotatable bonds is 7. The highest BCUT2D eigenvalue weighted by Crippen LogP contribution is 2.22. The largest absolute Gasteiger partial charge is 0.375 e. The van der Waals surface area contributed by atoms with E-state index in [9.17, 15) is 9.18 Å². The van der Waals surface area contributed by atoms with Crippen molar-refractivity contribution in [1.29, 1.82) is 0 Å². The monoisotopic (exact) mass is 348 g/mol. The summed E-state index contributed by atoms with van der Waals surface area (Å²) in [4.78, 5) is 16.9. The molecule has 0 aromatic heterocycles. The molecule has 0 unspecified atom stereocenters. The van der Waals surface area contributed by atoms with Crippen molar-refractivity contribution in [2.24, 2.45) is 0 Å². The highest BCUT2D eigenvalue weighted by Gasteiger charge is 2.27. The smallest absolute Gasteiger partial charge is 0.223 e. The molecule has 2 atom stereocenters. The predicted molar refractivity (Wildman–Crippen MR) is 96.0 cm³/mol. The lowest BCUT2D eigenvalue weighted by molar-refractivity contribution is -0.131. The SMILES string of the molecule is C[C@@H](CC(=O)N1CC[C@@H](OCCN2CCCC2)C1)c1ccc(F)cc1. The van der Waals surface area contributed by atoms with Gasteiger partial charge in [-0.05, 0) is 56.0 Å². The van der Waals surface area contributed by atoms with E-state index in [0.29, 0.717) is 13.0 Å². The lowest BCUT2D eigenvalue weighted by atomic mass is 9.97. The second kappa shape index (κ2) is 8.77. The van der Waals surface area contributed by atoms with Crippen LogP contribution < -0.4 is 0 Å². The van der Waals surface area contributed by atoms with Gasteiger partial charge in [-0.1, -0.05) is 19.1 Å². The highest BCUT2D eigenvalue weighted by atomic mass is 19.1. The zero-order valence-electron chi connectivity index (χ0n) is 15.1. The molecule has 2 fully saturated rings. The van der Waals surface area contributed by atoms with Crippen molar-refractivity contribution in [1.82, 2.24) is 9.80 Å². The number of halogens is 1. The summed E-state index contributed by atoms with van der Waals surface area (Å²) in [6.07, 6.45) is 4.17. The Morgan fingerprint density at radius 1 is 1.24 bits per heavy atom. The molecule has 4 nitrogen and oxygen atoms in total. The molecule has 3 rings (SSSR count). The predicted octanol–water partition coefficient (Wildman–Crippen LogP) is 3.03. The average molecular weight is 348 g/mol. The molecule has 25 heavy (non-hydrogen) atoms. The number of amides is 1. The topological polar surface area (TPSA) is 32.8 Å². The van der Waals surface area contributed by atoms with Crippen LogP contribution >= 0.6 is 0 Å². The Morgan fingerprint density at radius 3 is 2.68 bits per heavy atom. The minimum absolute atomic E-state index is 0.100. The van der Waals surface area contributed by atoms with E-state index in [4.69, 9.17) is 4.74 Å². The Morgan fingerprint density at radius 2 is 1.96 bits per heavy atom. The molecule has 138 valence electrons. The minimum atomic E-state index is -0.240. The molecule has 5 heteroatoms. The number of ether oxygens (including phenoxy) is 1. The summed E-state index contributed by atoms with van der Waals surface area (Å²) < 4.78 is 19.0. The Hall–Kier alpha value is -1.46. The molecule has 0 spiro atoms. The lowest BCUT2D eigenvalue weighted by Crippen LogP contribution is -2.32. The van der Waals surface area contributed by atoms with Crippen LogP contribution in [0.4, 0.5) is 4.39 Å². The second-order valence-corrected chi connectivity index (χ2v) is 7.33. The van der Waals surface area contributed by atoms with Gasteiger partial charge in [0.2, 0.25) is 5.91 Å². The second-order valence-electron chi connectivity index (χ2n) is 7.33. The van der Waals surface area contributed by atoms with E-state index in [1.165, 1.54) is 38.1 Å². The first-order chi connectivity index (χ1) is 12.1. The summed E-state index contributed by atoms with van der Waals surface area (Å²) >= 11 is 0. The molecule has 2 aliphatic rings. The van der Waals surface area contributed by atoms with Gasteiger partial charge in [0.05, 0.1) is 12.7 Å². The van der Waals surface area contributed by atoms with Crippen molar-refractivity contribution in [3.05, 3.63) is 35.6 Å². The third kappa shape index (κ3) is 5.25. The fourth-order valence-electron chi connectivity index (χ4n) is 3.75. The van der Waals surface area contributed by atoms with Crippen LogP contribution in [-0.4, -0.2) is 61.1 Å². The number of hydrogen-bond donors (Lipinski definition) is 0. The van der Waals surface area contributed by atoms with Gasteiger partial charge in [-0.25, -0.2) is 4.39 Å². The van der Waals surface area contributed by atoms with Crippen molar-refractivity contribution in [2.45, 2.75) is 44.6 Å². The number of carbonyl (C=O) groups is 1. The average Bonchev–Trinajstić information content (AvgIpc) is 3.27. The van der Waals surface area contributed by atoms with E-state index in [-0.39, 0.29) is 23.7 Å². The van der Waals surface area contributed by atoms with Crippen molar-refractivity contribution in [2.75, 3.05) is 39.3 Å². The molecule has 2 saturated heterocycles. The van der Waals surface area contributed by atoms with Gasteiger partial charge in [-0.2, -0.15) is 0 Å². The first-order valence-corrected chi connectivity index (χ1v) is 9.49. The number of likely N-dealkylation sites (tertiary alicyclic amines) is 2. The maximum absolute atomic E-state index is 13.0. The summed E-state index contributed by atoms with van der Waals surface area (Å²) in [5.41, 5.74) is 1.01. The van der Waals surface area contributed by atoms with Crippen molar-refractivity contribution >= 4 is 5.91 Å². The third-order valence-corrected chi connectivity index (χ3v) is 5.38. The van der Waals surface area contributed by atoms with Gasteiger partial charge in [0.25, 0.3) is 0 Å². The molecule has 0 saturated carbocycles. The zero-order chi connectivity index (χ0) is 17.6. The van der Waals surface area contributed by atoms with Crippen LogP contribution in [0.25, 0.3) is 0 Å². The maximum atomic E-state index is 13.0. The van der Waals surface area contributed by atoms with Crippen molar-refractivity contribution in [3.8, 4) is 0 Å². The Labute approximate surface area is 149 Å². The van der Waals surface area contributed by atoms with E-state index in [0.717, 1.165) is 31.7 Å². The molecular formula is C20H29FN2O2. The van der Waals surface area contributed by atoms with Gasteiger partial charge in [0.1, 0.15) is 5.82 Å². The van der Waals surface area contributed by atoms with Gasteiger partial charge in [0.15, 0.2) is 0 Å². The van der Waals surface area contributed by atoms with Gasteiger partial charge < -0.3 is 14.5 Å². The van der Waals surface area contributed by atoms with Crippen LogP contribution in [0.15, 0.2) is 24.3 Å². The van der Waals surface area contributed by atoms with E-state index in [2.05, 4.69) is 4.90 Å². The normalized spacial score (nSPS) is 22.5. The summed E-state index contributed by atoms with van der Waals surface area (Å²) in [7, 11) is 0. The Kier molecular flexibility index (Phi) is 6.43. The van der Waals surface area contributed by atoms with Crippen LogP contribution in [0.3, 0.4) is 0 Å². The molecule has 0 radical (unpaired) electrons. The molecule has 1 amide bonds. The van der Waals surface area contributed by atoms with Crippen LogP contribution in [0.1, 0.15) is 44.1 Å². The maximum Gasteiger partial charge on any atom is 0.223 e. The van der Waals surface area contributed by atoms with E-state index in [1.54, 1.807) is 12.1 Å². The first kappa shape index (κ1) is 18.3. The molecule has 0 N–H and O–H groups in total. The molecule has 1 aromatic rings. The summed E-state index contributed by atoms with van der Waals surface area (Å²) in [5, 5.41) is 0. The third-order valence-electron chi connectivity index (χ3n) is 5.38. The van der Waals surface area contributed by atoms with E-state index in [1.807, 2.05) is 11.8 Å². The lowest BCUT2D eigenvalue weighted by Gasteiger charge is -2.20. The van der Waals surface area contributed by atoms with E-state index >= 15 is 0 Å². The first-order valence-electron chi connectivity index (χ1n) is 9.49. The number of nitrogens with zero attached hydrogens (tertiary/aromatic N) is 2. The summed E-state index contributed by atoms with van der Waals surface area (Å²) in [5.74, 6) is 0.0291. The standard InChI is InChI=1S/C20H29FN2O2/c1-16(17-4-6-18(21)7-5-17)14-20(24)23-11-8-19(15-23)25-13-12-22-9-2-3-10-22/h4-7,16,19H,2-3,8-15H2,1H3/t16-,19+/m0/s1. The quantitative estimate of drug-likeness (QED) is 0.759. The number of hydrogen-bond acceptors (Lipinski definition) is 3. The molecule has 1 aromatic carbocycles. The van der Waals surface area contributed by atoms with Gasteiger partial charge >= 0.3 is 0 Å². The number of benzene rings is 1. The van der Waals surface area contributed by atoms with Crippen LogP contribution in [0, 0.1) is 5.82 Å². The van der Waals surface area contributed by atoms with Gasteiger partial charge in [-0.3, -0.25) is 4.79 Å². The van der Waals surface area contributed by atoms with Gasteiger partial charge in [-0.15, -0.1) is 0 Å². The fraction of sp³-hybridized carbons (Fsp3) is 0.650. The number of carbonyl (C=O) groups excluding carboxylic acids is 1. The summed E-state index contributed by atoms with van der Waals surface area (Å²) in [6, 6.07) is 6.44. The van der Waals surface area contributed by atoms with E-state index < -0.39 is 0 Å². The van der Waals surface area contributed by atoms with Crippen LogP contribution in [0.5, 0.6) is 0 Å². The van der Waals surface area contributed by atoms with Crippen LogP contribution in [0.2, 0.25) is 0 Å². The van der Waals surface area contributed by atoms with Crippen molar-refractivity contribution in [3.63, 3.8) is 0 Å². The van der Waals surface area contributed by atoms with Crippen LogP contribution in [-0.2, 0) is 9.53 Å². The van der Waals surface area contributed by atoms with Crippen molar-refractivity contribution < 1.29 is 13.9 Å². The molecular weight excluding hydrogens is 319 g/mol. The molecule has 2 aliphatic heterocycles. The molecule has 0 bridgehead atoms. The summed E-state index contributed by atoms with van der Waals surface area (Å²) in [6.45, 7) is 7.66. The fourth-order valence-corrected chi connectivity index (χ4v) is 3.75. The molecule has 0 aliphatic carbocycles. The Bertz CT molecular complexity index is 557. The highest BCUT2D eigenvalue weighted by molar-refractivity contribution is 5.77. The van der Waals surface area contributed by atoms with Gasteiger partial charge in [0, 0.05) is 26.1 Å². The minimum Gasteiger partial charge on any atom is -0.375 e. The zero-order valence-corrected chi connectivity index (χ0v) is 15.1.